The van der Waals surface area contributed by atoms with Crippen LogP contribution in [0.3, 0.4) is 0 Å². The first-order valence-corrected chi connectivity index (χ1v) is 10.9. The van der Waals surface area contributed by atoms with Gasteiger partial charge in [0.05, 0.1) is 0 Å². The number of carbonyl (C=O) groups excluding carboxylic acids is 1. The second-order valence-electron chi connectivity index (χ2n) is 6.32. The predicted molar refractivity (Wildman–Crippen MR) is 106 cm³/mol. The van der Waals surface area contributed by atoms with E-state index in [9.17, 15) is 9.90 Å². The van der Waals surface area contributed by atoms with Crippen molar-refractivity contribution in [1.29, 1.82) is 0 Å². The van der Waals surface area contributed by atoms with Crippen molar-refractivity contribution in [2.24, 2.45) is 0 Å². The van der Waals surface area contributed by atoms with Gasteiger partial charge in [-0.1, -0.05) is 132 Å². The summed E-state index contributed by atoms with van der Waals surface area (Å²) in [6, 6.07) is 0. The SMILES string of the molecule is CCCCCCCCCCCCCCCCCC(=O)[O-].ClC(Cl)Cl.[Na+]. The molecule has 0 spiro atoms. The fraction of sp³-hybridized carbons (Fsp3) is 0.947. The third-order valence-electron chi connectivity index (χ3n) is 3.98. The molecule has 0 heterocycles. The molecule has 0 radical (unpaired) electrons. The number of carbonyl (C=O) groups is 1. The Hall–Kier alpha value is 1.34. The minimum absolute atomic E-state index is 0. The zero-order valence-electron chi connectivity index (χ0n) is 16.3. The zero-order valence-corrected chi connectivity index (χ0v) is 20.6. The maximum absolute atomic E-state index is 10.2. The van der Waals surface area contributed by atoms with Crippen molar-refractivity contribution in [3.63, 3.8) is 0 Å². The van der Waals surface area contributed by atoms with Crippen LogP contribution in [0.15, 0.2) is 0 Å². The standard InChI is InChI=1S/C18H36O2.CHCl3.Na/c1-2-3-4-5-6-7-8-9-10-11-12-13-14-15-16-17-18(19)20;2-1(3)4;/h2-17H2,1H3,(H,19,20);1H;/q;;+1/p-1. The number of carboxylic acids is 1. The Labute approximate surface area is 193 Å². The molecule has 0 unspecified atom stereocenters. The van der Waals surface area contributed by atoms with E-state index in [1.807, 2.05) is 0 Å². The third kappa shape index (κ3) is 41.0. The van der Waals surface area contributed by atoms with E-state index in [1.54, 1.807) is 0 Å². The molecule has 0 saturated heterocycles. The molecule has 0 aromatic heterocycles. The minimum Gasteiger partial charge on any atom is -0.550 e. The van der Waals surface area contributed by atoms with Crippen LogP contribution in [-0.2, 0) is 4.79 Å². The summed E-state index contributed by atoms with van der Waals surface area (Å²) in [5.41, 5.74) is 0. The van der Waals surface area contributed by atoms with Gasteiger partial charge in [-0.15, -0.1) is 0 Å². The van der Waals surface area contributed by atoms with E-state index in [4.69, 9.17) is 34.8 Å². The van der Waals surface area contributed by atoms with Gasteiger partial charge in [-0.05, 0) is 12.8 Å². The molecule has 0 aliphatic carbocycles. The molecule has 6 heteroatoms. The monoisotopic (exact) mass is 424 g/mol. The topological polar surface area (TPSA) is 40.1 Å². The first-order chi connectivity index (χ1) is 11.5. The van der Waals surface area contributed by atoms with Gasteiger partial charge in [0.15, 0.2) is 4.30 Å². The fourth-order valence-electron chi connectivity index (χ4n) is 2.64. The summed E-state index contributed by atoms with van der Waals surface area (Å²) >= 11 is 14.4. The number of aliphatic carboxylic acids is 1. The fourth-order valence-corrected chi connectivity index (χ4v) is 2.64. The van der Waals surface area contributed by atoms with Crippen LogP contribution in [0.2, 0.25) is 0 Å². The average molecular weight is 426 g/mol. The second kappa shape index (κ2) is 27.6. The van der Waals surface area contributed by atoms with E-state index >= 15 is 0 Å². The van der Waals surface area contributed by atoms with Gasteiger partial charge >= 0.3 is 29.6 Å². The normalized spacial score (nSPS) is 10.1. The van der Waals surface area contributed by atoms with Crippen molar-refractivity contribution in [3.05, 3.63) is 0 Å². The molecular formula is C19H36Cl3NaO2. The maximum atomic E-state index is 10.2. The summed E-state index contributed by atoms with van der Waals surface area (Å²) in [4.78, 5) is 10.2. The van der Waals surface area contributed by atoms with Gasteiger partial charge in [0, 0.05) is 5.97 Å². The molecule has 0 rings (SSSR count). The predicted octanol–water partition coefficient (Wildman–Crippen LogP) is 3.99. The molecule has 0 aliphatic rings. The molecule has 0 aromatic carbocycles. The molecular weight excluding hydrogens is 390 g/mol. The molecule has 0 N–H and O–H groups in total. The summed E-state index contributed by atoms with van der Waals surface area (Å²) in [5, 5.41) is 10.2. The molecule has 25 heavy (non-hydrogen) atoms. The number of unbranched alkanes of at least 4 members (excludes halogenated alkanes) is 14. The first kappa shape index (κ1) is 31.0. The Bertz CT molecular complexity index is 252. The van der Waals surface area contributed by atoms with Crippen LogP contribution in [0.1, 0.15) is 110 Å². The molecule has 0 amide bonds. The van der Waals surface area contributed by atoms with Crippen LogP contribution in [0.5, 0.6) is 0 Å². The second-order valence-corrected chi connectivity index (χ2v) is 8.30. The third-order valence-corrected chi connectivity index (χ3v) is 3.98. The van der Waals surface area contributed by atoms with Crippen LogP contribution in [0.25, 0.3) is 0 Å². The number of hydrogen-bond acceptors (Lipinski definition) is 2. The van der Waals surface area contributed by atoms with Crippen LogP contribution in [-0.4, -0.2) is 10.3 Å². The number of halogens is 3. The maximum Gasteiger partial charge on any atom is 1.00 e. The van der Waals surface area contributed by atoms with Gasteiger partial charge in [0.25, 0.3) is 0 Å². The van der Waals surface area contributed by atoms with Gasteiger partial charge < -0.3 is 9.90 Å². The molecule has 2 nitrogen and oxygen atoms in total. The van der Waals surface area contributed by atoms with Crippen molar-refractivity contribution < 1.29 is 39.5 Å². The molecule has 146 valence electrons. The first-order valence-electron chi connectivity index (χ1n) is 9.62. The van der Waals surface area contributed by atoms with Gasteiger partial charge in [0.1, 0.15) is 0 Å². The largest absolute Gasteiger partial charge is 1.00 e. The summed E-state index contributed by atoms with van der Waals surface area (Å²) in [7, 11) is 0. The molecule has 0 fully saturated rings. The zero-order chi connectivity index (χ0) is 18.5. The summed E-state index contributed by atoms with van der Waals surface area (Å²) in [6.07, 6.45) is 19.9. The quantitative estimate of drug-likeness (QED) is 0.213. The van der Waals surface area contributed by atoms with Gasteiger partial charge in [-0.2, -0.15) is 0 Å². The van der Waals surface area contributed by atoms with Crippen molar-refractivity contribution in [1.82, 2.24) is 0 Å². The van der Waals surface area contributed by atoms with E-state index in [2.05, 4.69) is 6.92 Å². The van der Waals surface area contributed by atoms with Gasteiger partial charge in [-0.25, -0.2) is 0 Å². The van der Waals surface area contributed by atoms with E-state index in [-0.39, 0.29) is 36.0 Å². The Morgan fingerprint density at radius 2 is 0.920 bits per heavy atom. The van der Waals surface area contributed by atoms with Crippen LogP contribution in [0, 0.1) is 0 Å². The molecule has 0 aliphatic heterocycles. The van der Waals surface area contributed by atoms with E-state index in [1.165, 1.54) is 83.5 Å². The van der Waals surface area contributed by atoms with Crippen molar-refractivity contribution in [2.45, 2.75) is 114 Å². The van der Waals surface area contributed by atoms with E-state index in [0.717, 1.165) is 12.8 Å². The van der Waals surface area contributed by atoms with Crippen LogP contribution < -0.4 is 34.7 Å². The van der Waals surface area contributed by atoms with E-state index in [0.29, 0.717) is 0 Å². The van der Waals surface area contributed by atoms with Crippen molar-refractivity contribution in [3.8, 4) is 0 Å². The molecule has 0 atom stereocenters. The Balaban J connectivity index is -0.000000867. The Morgan fingerprint density at radius 1 is 0.680 bits per heavy atom. The molecule has 0 bridgehead atoms. The van der Waals surface area contributed by atoms with Crippen molar-refractivity contribution >= 4 is 40.8 Å². The van der Waals surface area contributed by atoms with Crippen LogP contribution >= 0.6 is 34.8 Å². The number of rotatable bonds is 16. The van der Waals surface area contributed by atoms with Gasteiger partial charge in [0.2, 0.25) is 0 Å². The Kier molecular flexibility index (Phi) is 34.2. The smallest absolute Gasteiger partial charge is 0.550 e. The summed E-state index contributed by atoms with van der Waals surface area (Å²) in [6.45, 7) is 2.27. The Morgan fingerprint density at radius 3 is 1.16 bits per heavy atom. The van der Waals surface area contributed by atoms with Crippen LogP contribution in [0.4, 0.5) is 0 Å². The summed E-state index contributed by atoms with van der Waals surface area (Å²) in [5.74, 6) is -0.903. The van der Waals surface area contributed by atoms with E-state index < -0.39 is 10.3 Å². The van der Waals surface area contributed by atoms with Crippen molar-refractivity contribution in [2.75, 3.05) is 0 Å². The minimum atomic E-state index is -0.903. The average Bonchev–Trinajstić information content (AvgIpc) is 2.50. The number of hydrogen-bond donors (Lipinski definition) is 0. The number of carboxylic acid groups (broad SMARTS) is 1. The molecule has 0 saturated carbocycles. The van der Waals surface area contributed by atoms with Gasteiger partial charge in [-0.3, -0.25) is 0 Å². The molecule has 0 aromatic rings. The summed E-state index contributed by atoms with van der Waals surface area (Å²) < 4.78 is -0.750. The number of alkyl halides is 3.